The molecule has 0 radical (unpaired) electrons. The minimum Gasteiger partial charge on any atom is -0.364 e. The van der Waals surface area contributed by atoms with Gasteiger partial charge < -0.3 is 15.0 Å². The second-order valence-electron chi connectivity index (χ2n) is 6.72. The number of nitrogens with zero attached hydrogens (tertiary/aromatic N) is 1. The Morgan fingerprint density at radius 2 is 1.70 bits per heavy atom. The topological polar surface area (TPSA) is 58.6 Å². The molecule has 1 N–H and O–H groups in total. The first kappa shape index (κ1) is 19.2. The Hall–Kier alpha value is -1.88. The number of hydrogen-bond acceptors (Lipinski definition) is 3. The van der Waals surface area contributed by atoms with Crippen LogP contribution in [0.25, 0.3) is 0 Å². The molecule has 2 amide bonds. The number of benzene rings is 1. The average Bonchev–Trinajstić information content (AvgIpc) is 2.50. The van der Waals surface area contributed by atoms with Crippen molar-refractivity contribution in [2.24, 2.45) is 0 Å². The zero-order valence-electron chi connectivity index (χ0n) is 15.0. The summed E-state index contributed by atoms with van der Waals surface area (Å²) in [5, 5.41) is 2.87. The van der Waals surface area contributed by atoms with Crippen molar-refractivity contribution in [2.75, 3.05) is 20.2 Å². The van der Waals surface area contributed by atoms with E-state index in [1.165, 1.54) is 12.0 Å². The molecular formula is C18H28N2O3. The van der Waals surface area contributed by atoms with E-state index in [0.29, 0.717) is 6.54 Å². The van der Waals surface area contributed by atoms with E-state index in [4.69, 9.17) is 4.74 Å². The fourth-order valence-corrected chi connectivity index (χ4v) is 2.34. The SMILES string of the molecule is CCN(CC(=O)NC(C)(C)C)C(=O)[C@@](C)(OC)c1ccccc1. The molecular weight excluding hydrogens is 292 g/mol. The fourth-order valence-electron chi connectivity index (χ4n) is 2.34. The van der Waals surface area contributed by atoms with E-state index in [-0.39, 0.29) is 23.9 Å². The quantitative estimate of drug-likeness (QED) is 0.875. The van der Waals surface area contributed by atoms with Gasteiger partial charge in [0.05, 0.1) is 6.54 Å². The van der Waals surface area contributed by atoms with Crippen LogP contribution in [0.3, 0.4) is 0 Å². The van der Waals surface area contributed by atoms with Gasteiger partial charge in [0.15, 0.2) is 5.60 Å². The van der Waals surface area contributed by atoms with Gasteiger partial charge in [-0.2, -0.15) is 0 Å². The van der Waals surface area contributed by atoms with Gasteiger partial charge in [0, 0.05) is 19.2 Å². The van der Waals surface area contributed by atoms with E-state index < -0.39 is 5.60 Å². The van der Waals surface area contributed by atoms with Crippen LogP contribution in [0.15, 0.2) is 30.3 Å². The summed E-state index contributed by atoms with van der Waals surface area (Å²) in [4.78, 5) is 26.6. The molecule has 0 heterocycles. The van der Waals surface area contributed by atoms with Crippen LogP contribution in [-0.2, 0) is 19.9 Å². The van der Waals surface area contributed by atoms with Crippen LogP contribution in [0.2, 0.25) is 0 Å². The molecule has 0 fully saturated rings. The number of hydrogen-bond donors (Lipinski definition) is 1. The molecule has 1 aromatic rings. The van der Waals surface area contributed by atoms with Gasteiger partial charge in [-0.25, -0.2) is 0 Å². The number of nitrogens with one attached hydrogen (secondary N) is 1. The molecule has 1 aromatic carbocycles. The molecule has 0 bridgehead atoms. The van der Waals surface area contributed by atoms with E-state index in [2.05, 4.69) is 5.32 Å². The predicted octanol–water partition coefficient (Wildman–Crippen LogP) is 2.31. The lowest BCUT2D eigenvalue weighted by Gasteiger charge is -2.33. The van der Waals surface area contributed by atoms with Gasteiger partial charge >= 0.3 is 0 Å². The zero-order valence-corrected chi connectivity index (χ0v) is 15.0. The molecule has 5 nitrogen and oxygen atoms in total. The van der Waals surface area contributed by atoms with Gasteiger partial charge in [0.25, 0.3) is 5.91 Å². The Balaban J connectivity index is 2.96. The standard InChI is InChI=1S/C18H28N2O3/c1-7-20(13-15(21)19-17(2,3)4)16(22)18(5,23-6)14-11-9-8-10-12-14/h8-12H,7,13H2,1-6H3,(H,19,21)/t18-/m0/s1. The first-order valence-electron chi connectivity index (χ1n) is 7.85. The maximum Gasteiger partial charge on any atom is 0.259 e. The summed E-state index contributed by atoms with van der Waals surface area (Å²) in [7, 11) is 1.51. The lowest BCUT2D eigenvalue weighted by atomic mass is 9.94. The third-order valence-corrected chi connectivity index (χ3v) is 3.66. The van der Waals surface area contributed by atoms with E-state index >= 15 is 0 Å². The molecule has 5 heteroatoms. The number of ether oxygens (including phenoxy) is 1. The average molecular weight is 320 g/mol. The highest BCUT2D eigenvalue weighted by atomic mass is 16.5. The summed E-state index contributed by atoms with van der Waals surface area (Å²) in [5.41, 5.74) is -0.676. The molecule has 1 rings (SSSR count). The molecule has 128 valence electrons. The number of carbonyl (C=O) groups is 2. The summed E-state index contributed by atoms with van der Waals surface area (Å²) >= 11 is 0. The molecule has 0 unspecified atom stereocenters. The highest BCUT2D eigenvalue weighted by molar-refractivity contribution is 5.90. The number of likely N-dealkylation sites (N-methyl/N-ethyl adjacent to an activating group) is 1. The third-order valence-electron chi connectivity index (χ3n) is 3.66. The van der Waals surface area contributed by atoms with Crippen LogP contribution >= 0.6 is 0 Å². The molecule has 0 spiro atoms. The highest BCUT2D eigenvalue weighted by Gasteiger charge is 2.38. The van der Waals surface area contributed by atoms with Crippen LogP contribution in [0, 0.1) is 0 Å². The molecule has 0 aliphatic heterocycles. The summed E-state index contributed by atoms with van der Waals surface area (Å²) in [6.07, 6.45) is 0. The summed E-state index contributed by atoms with van der Waals surface area (Å²) in [6, 6.07) is 9.32. The summed E-state index contributed by atoms with van der Waals surface area (Å²) < 4.78 is 5.53. The maximum atomic E-state index is 12.9. The number of amides is 2. The van der Waals surface area contributed by atoms with Crippen molar-refractivity contribution in [3.63, 3.8) is 0 Å². The van der Waals surface area contributed by atoms with E-state index in [1.807, 2.05) is 58.0 Å². The molecule has 0 saturated carbocycles. The molecule has 23 heavy (non-hydrogen) atoms. The van der Waals surface area contributed by atoms with Crippen molar-refractivity contribution < 1.29 is 14.3 Å². The fraction of sp³-hybridized carbons (Fsp3) is 0.556. The van der Waals surface area contributed by atoms with Crippen LogP contribution in [0.5, 0.6) is 0 Å². The van der Waals surface area contributed by atoms with Crippen molar-refractivity contribution in [1.82, 2.24) is 10.2 Å². The molecule has 0 aliphatic rings. The van der Waals surface area contributed by atoms with Crippen molar-refractivity contribution in [3.05, 3.63) is 35.9 Å². The van der Waals surface area contributed by atoms with E-state index in [1.54, 1.807) is 6.92 Å². The van der Waals surface area contributed by atoms with Crippen LogP contribution in [0.4, 0.5) is 0 Å². The normalized spacial score (nSPS) is 14.0. The van der Waals surface area contributed by atoms with Crippen molar-refractivity contribution >= 4 is 11.8 Å². The van der Waals surface area contributed by atoms with Crippen LogP contribution in [0.1, 0.15) is 40.2 Å². The number of rotatable bonds is 6. The highest BCUT2D eigenvalue weighted by Crippen LogP contribution is 2.27. The molecule has 0 saturated heterocycles. The summed E-state index contributed by atoms with van der Waals surface area (Å²) in [5.74, 6) is -0.406. The molecule has 0 aromatic heterocycles. The van der Waals surface area contributed by atoms with Gasteiger partial charge in [-0.3, -0.25) is 9.59 Å². The Labute approximate surface area is 139 Å². The maximum absolute atomic E-state index is 12.9. The zero-order chi connectivity index (χ0) is 17.7. The Bertz CT molecular complexity index is 537. The van der Waals surface area contributed by atoms with Gasteiger partial charge in [-0.1, -0.05) is 30.3 Å². The lowest BCUT2D eigenvalue weighted by molar-refractivity contribution is -0.156. The third kappa shape index (κ3) is 5.06. The van der Waals surface area contributed by atoms with Gasteiger partial charge in [0.1, 0.15) is 0 Å². The minimum atomic E-state index is -1.11. The number of carbonyl (C=O) groups excluding carboxylic acids is 2. The van der Waals surface area contributed by atoms with Crippen LogP contribution in [-0.4, -0.2) is 42.5 Å². The second kappa shape index (κ2) is 7.59. The number of methoxy groups -OCH3 is 1. The Morgan fingerprint density at radius 3 is 2.13 bits per heavy atom. The van der Waals surface area contributed by atoms with Crippen molar-refractivity contribution in [1.29, 1.82) is 0 Å². The molecule has 1 atom stereocenters. The first-order valence-corrected chi connectivity index (χ1v) is 7.85. The Kier molecular flexibility index (Phi) is 6.33. The van der Waals surface area contributed by atoms with Gasteiger partial charge in [0.2, 0.25) is 5.91 Å². The minimum absolute atomic E-state index is 0.0123. The Morgan fingerprint density at radius 1 is 1.13 bits per heavy atom. The second-order valence-corrected chi connectivity index (χ2v) is 6.72. The smallest absolute Gasteiger partial charge is 0.259 e. The van der Waals surface area contributed by atoms with E-state index in [0.717, 1.165) is 5.56 Å². The molecule has 0 aliphatic carbocycles. The van der Waals surface area contributed by atoms with Crippen LogP contribution < -0.4 is 5.32 Å². The van der Waals surface area contributed by atoms with Crippen molar-refractivity contribution in [2.45, 2.75) is 45.8 Å². The first-order chi connectivity index (χ1) is 10.6. The van der Waals surface area contributed by atoms with Gasteiger partial charge in [-0.15, -0.1) is 0 Å². The van der Waals surface area contributed by atoms with E-state index in [9.17, 15) is 9.59 Å². The summed E-state index contributed by atoms with van der Waals surface area (Å²) in [6.45, 7) is 9.75. The largest absolute Gasteiger partial charge is 0.364 e. The predicted molar refractivity (Wildman–Crippen MR) is 91.0 cm³/mol. The monoisotopic (exact) mass is 320 g/mol. The van der Waals surface area contributed by atoms with Gasteiger partial charge in [-0.05, 0) is 40.2 Å². The lowest BCUT2D eigenvalue weighted by Crippen LogP contribution is -2.52. The van der Waals surface area contributed by atoms with Crippen molar-refractivity contribution in [3.8, 4) is 0 Å².